The molecule has 0 aromatic carbocycles. The van der Waals surface area contributed by atoms with Crippen molar-refractivity contribution in [3.8, 4) is 0 Å². The molecule has 3 rings (SSSR count). The molecular formula is C14H13ClN4O. The van der Waals surface area contributed by atoms with Gasteiger partial charge in [0.25, 0.3) is 5.91 Å². The number of hydrogen-bond donors (Lipinski definition) is 0. The van der Waals surface area contributed by atoms with Gasteiger partial charge in [-0.2, -0.15) is 0 Å². The van der Waals surface area contributed by atoms with Crippen LogP contribution in [0.3, 0.4) is 0 Å². The van der Waals surface area contributed by atoms with Gasteiger partial charge in [0.05, 0.1) is 6.04 Å². The molecule has 1 aliphatic rings. The fraction of sp³-hybridized carbons (Fsp3) is 0.286. The van der Waals surface area contributed by atoms with Crippen molar-refractivity contribution in [3.63, 3.8) is 0 Å². The van der Waals surface area contributed by atoms with E-state index < -0.39 is 0 Å². The number of carbonyl (C=O) groups is 1. The van der Waals surface area contributed by atoms with E-state index in [1.807, 2.05) is 17.0 Å². The van der Waals surface area contributed by atoms with E-state index in [1.165, 1.54) is 0 Å². The van der Waals surface area contributed by atoms with E-state index in [9.17, 15) is 4.79 Å². The average molecular weight is 289 g/mol. The maximum absolute atomic E-state index is 12.5. The van der Waals surface area contributed by atoms with Crippen molar-refractivity contribution in [2.75, 3.05) is 6.54 Å². The fourth-order valence-corrected chi connectivity index (χ4v) is 2.62. The minimum absolute atomic E-state index is 0.0861. The minimum Gasteiger partial charge on any atom is -0.330 e. The quantitative estimate of drug-likeness (QED) is 0.852. The van der Waals surface area contributed by atoms with E-state index in [-0.39, 0.29) is 17.1 Å². The molecule has 1 amide bonds. The molecule has 2 aromatic rings. The van der Waals surface area contributed by atoms with Gasteiger partial charge in [0.2, 0.25) is 0 Å². The molecule has 0 N–H and O–H groups in total. The smallest absolute Gasteiger partial charge is 0.274 e. The maximum atomic E-state index is 12.5. The predicted octanol–water partition coefficient (Wildman–Crippen LogP) is 2.50. The van der Waals surface area contributed by atoms with Crippen LogP contribution in [0.15, 0.2) is 36.7 Å². The van der Waals surface area contributed by atoms with E-state index in [0.717, 1.165) is 24.9 Å². The minimum atomic E-state index is -0.103. The molecule has 0 bridgehead atoms. The second-order valence-electron chi connectivity index (χ2n) is 4.68. The topological polar surface area (TPSA) is 59.0 Å². The summed E-state index contributed by atoms with van der Waals surface area (Å²) in [5.74, 6) is -0.103. The van der Waals surface area contributed by atoms with Gasteiger partial charge in [0, 0.05) is 18.9 Å². The van der Waals surface area contributed by atoms with Crippen LogP contribution < -0.4 is 0 Å². The van der Waals surface area contributed by atoms with Crippen molar-refractivity contribution in [1.82, 2.24) is 20.1 Å². The summed E-state index contributed by atoms with van der Waals surface area (Å²) < 4.78 is 0. The lowest BCUT2D eigenvalue weighted by Crippen LogP contribution is -2.31. The van der Waals surface area contributed by atoms with Gasteiger partial charge >= 0.3 is 0 Å². The van der Waals surface area contributed by atoms with Crippen LogP contribution in [-0.4, -0.2) is 32.5 Å². The molecule has 102 valence electrons. The van der Waals surface area contributed by atoms with E-state index in [1.54, 1.807) is 24.5 Å². The van der Waals surface area contributed by atoms with Gasteiger partial charge in [-0.3, -0.25) is 9.78 Å². The molecule has 3 heterocycles. The molecule has 1 atom stereocenters. The molecule has 20 heavy (non-hydrogen) atoms. The van der Waals surface area contributed by atoms with Crippen LogP contribution in [0.5, 0.6) is 0 Å². The summed E-state index contributed by atoms with van der Waals surface area (Å²) in [6, 6.07) is 7.18. The third-order valence-electron chi connectivity index (χ3n) is 3.46. The number of nitrogens with zero attached hydrogens (tertiary/aromatic N) is 4. The summed E-state index contributed by atoms with van der Waals surface area (Å²) in [7, 11) is 0. The number of carbonyl (C=O) groups excluding carboxylic acids is 1. The van der Waals surface area contributed by atoms with Crippen LogP contribution in [0.4, 0.5) is 0 Å². The van der Waals surface area contributed by atoms with E-state index in [4.69, 9.17) is 11.6 Å². The predicted molar refractivity (Wildman–Crippen MR) is 74.3 cm³/mol. The van der Waals surface area contributed by atoms with Crippen molar-refractivity contribution < 1.29 is 4.79 Å². The van der Waals surface area contributed by atoms with Gasteiger partial charge < -0.3 is 4.90 Å². The van der Waals surface area contributed by atoms with Crippen LogP contribution >= 0.6 is 11.6 Å². The van der Waals surface area contributed by atoms with Crippen molar-refractivity contribution in [2.45, 2.75) is 18.9 Å². The fourth-order valence-electron chi connectivity index (χ4n) is 2.52. The Labute approximate surface area is 121 Å². The van der Waals surface area contributed by atoms with E-state index in [0.29, 0.717) is 5.69 Å². The zero-order valence-electron chi connectivity index (χ0n) is 10.7. The van der Waals surface area contributed by atoms with Crippen LogP contribution in [-0.2, 0) is 0 Å². The standard InChI is InChI=1S/C14H13ClN4O/c15-13-4-3-11(17-18-13)14(20)19-9-1-2-12(19)10-5-7-16-8-6-10/h3-8,12H,1-2,9H2. The first-order chi connectivity index (χ1) is 9.75. The number of aromatic nitrogens is 3. The number of pyridine rings is 1. The first kappa shape index (κ1) is 13.0. The van der Waals surface area contributed by atoms with Gasteiger partial charge in [-0.15, -0.1) is 10.2 Å². The lowest BCUT2D eigenvalue weighted by Gasteiger charge is -2.24. The second-order valence-corrected chi connectivity index (χ2v) is 5.07. The Morgan fingerprint density at radius 3 is 2.70 bits per heavy atom. The van der Waals surface area contributed by atoms with Crippen LogP contribution in [0, 0.1) is 0 Å². The zero-order valence-corrected chi connectivity index (χ0v) is 11.5. The summed E-state index contributed by atoms with van der Waals surface area (Å²) in [5.41, 5.74) is 1.43. The van der Waals surface area contributed by atoms with Gasteiger partial charge in [-0.1, -0.05) is 11.6 Å². The second kappa shape index (κ2) is 5.54. The van der Waals surface area contributed by atoms with Crippen molar-refractivity contribution in [3.05, 3.63) is 53.1 Å². The normalized spacial score (nSPS) is 18.2. The highest BCUT2D eigenvalue weighted by Crippen LogP contribution is 2.32. The monoisotopic (exact) mass is 288 g/mol. The van der Waals surface area contributed by atoms with Crippen LogP contribution in [0.1, 0.15) is 34.9 Å². The number of amides is 1. The van der Waals surface area contributed by atoms with Crippen LogP contribution in [0.25, 0.3) is 0 Å². The number of likely N-dealkylation sites (tertiary alicyclic amines) is 1. The average Bonchev–Trinajstić information content (AvgIpc) is 2.97. The largest absolute Gasteiger partial charge is 0.330 e. The molecule has 2 aromatic heterocycles. The molecule has 0 saturated carbocycles. The summed E-state index contributed by atoms with van der Waals surface area (Å²) in [6.07, 6.45) is 5.44. The van der Waals surface area contributed by atoms with Gasteiger partial charge in [0.15, 0.2) is 10.8 Å². The highest BCUT2D eigenvalue weighted by atomic mass is 35.5. The van der Waals surface area contributed by atoms with E-state index in [2.05, 4.69) is 15.2 Å². The number of rotatable bonds is 2. The first-order valence-corrected chi connectivity index (χ1v) is 6.83. The summed E-state index contributed by atoms with van der Waals surface area (Å²) in [5, 5.41) is 7.88. The van der Waals surface area contributed by atoms with Gasteiger partial charge in [-0.25, -0.2) is 0 Å². The highest BCUT2D eigenvalue weighted by molar-refractivity contribution is 6.29. The highest BCUT2D eigenvalue weighted by Gasteiger charge is 2.31. The molecule has 1 aliphatic heterocycles. The molecule has 1 fully saturated rings. The lowest BCUT2D eigenvalue weighted by atomic mass is 10.1. The Bertz CT molecular complexity index is 602. The summed E-state index contributed by atoms with van der Waals surface area (Å²) in [6.45, 7) is 0.732. The molecular weight excluding hydrogens is 276 g/mol. The van der Waals surface area contributed by atoms with Gasteiger partial charge in [-0.05, 0) is 42.7 Å². The van der Waals surface area contributed by atoms with Crippen LogP contribution in [0.2, 0.25) is 5.15 Å². The molecule has 0 spiro atoms. The van der Waals surface area contributed by atoms with E-state index >= 15 is 0 Å². The Kier molecular flexibility index (Phi) is 3.60. The number of halogens is 1. The number of hydrogen-bond acceptors (Lipinski definition) is 4. The molecule has 0 aliphatic carbocycles. The molecule has 6 heteroatoms. The first-order valence-electron chi connectivity index (χ1n) is 6.46. The zero-order chi connectivity index (χ0) is 13.9. The summed E-state index contributed by atoms with van der Waals surface area (Å²) >= 11 is 5.70. The molecule has 0 radical (unpaired) electrons. The maximum Gasteiger partial charge on any atom is 0.274 e. The lowest BCUT2D eigenvalue weighted by molar-refractivity contribution is 0.0728. The molecule has 1 saturated heterocycles. The molecule has 1 unspecified atom stereocenters. The molecule has 5 nitrogen and oxygen atoms in total. The Morgan fingerprint density at radius 2 is 2.00 bits per heavy atom. The Morgan fingerprint density at radius 1 is 1.20 bits per heavy atom. The third kappa shape index (κ3) is 2.49. The van der Waals surface area contributed by atoms with Crippen molar-refractivity contribution in [2.24, 2.45) is 0 Å². The van der Waals surface area contributed by atoms with Gasteiger partial charge in [0.1, 0.15) is 0 Å². The SMILES string of the molecule is O=C(c1ccc(Cl)nn1)N1CCCC1c1ccncc1. The Hall–Kier alpha value is -2.01. The third-order valence-corrected chi connectivity index (χ3v) is 3.66. The van der Waals surface area contributed by atoms with Crippen molar-refractivity contribution in [1.29, 1.82) is 0 Å². The Balaban J connectivity index is 1.85. The summed E-state index contributed by atoms with van der Waals surface area (Å²) in [4.78, 5) is 18.4. The van der Waals surface area contributed by atoms with Crippen molar-refractivity contribution >= 4 is 17.5 Å².